The predicted octanol–water partition coefficient (Wildman–Crippen LogP) is 2.07. The molecule has 0 amide bonds. The summed E-state index contributed by atoms with van der Waals surface area (Å²) in [6.45, 7) is 0. The van der Waals surface area contributed by atoms with Crippen LogP contribution in [0.25, 0.3) is 5.53 Å². The first-order valence-electron chi connectivity index (χ1n) is 6.09. The molecule has 0 saturated heterocycles. The number of nitrogens with zero attached hydrogens (tertiary/aromatic N) is 2. The van der Waals surface area contributed by atoms with E-state index in [1.54, 1.807) is 0 Å². The highest BCUT2D eigenvalue weighted by molar-refractivity contribution is 6.41. The van der Waals surface area contributed by atoms with Crippen LogP contribution in [0.1, 0.15) is 38.5 Å². The molecule has 0 aliphatic heterocycles. The Morgan fingerprint density at radius 3 is 2.40 bits per heavy atom. The summed E-state index contributed by atoms with van der Waals surface area (Å²) in [5, 5.41) is 0. The van der Waals surface area contributed by atoms with Gasteiger partial charge in [-0.25, -0.2) is 0 Å². The zero-order valence-corrected chi connectivity index (χ0v) is 8.85. The van der Waals surface area contributed by atoms with Gasteiger partial charge in [0.2, 0.25) is 5.78 Å². The molecule has 0 aromatic rings. The molecule has 0 N–H and O–H groups in total. The van der Waals surface area contributed by atoms with E-state index in [-0.39, 0.29) is 17.6 Å². The topological polar surface area (TPSA) is 53.5 Å². The Bertz CT molecular complexity index is 355. The average Bonchev–Trinajstić information content (AvgIpc) is 2.55. The van der Waals surface area contributed by atoms with Crippen molar-refractivity contribution in [3.8, 4) is 0 Å². The quantitative estimate of drug-likeness (QED) is 0.440. The molecule has 0 bridgehead atoms. The first kappa shape index (κ1) is 9.29. The number of ketones is 1. The second-order valence-electron chi connectivity index (χ2n) is 5.26. The summed E-state index contributed by atoms with van der Waals surface area (Å²) in [6.07, 6.45) is 7.03. The van der Waals surface area contributed by atoms with Gasteiger partial charge in [-0.1, -0.05) is 25.7 Å². The van der Waals surface area contributed by atoms with Gasteiger partial charge in [-0.3, -0.25) is 4.79 Å². The second kappa shape index (κ2) is 3.28. The number of carbonyl (C=O) groups is 1. The molecule has 3 rings (SSSR count). The van der Waals surface area contributed by atoms with Crippen LogP contribution in [0.4, 0.5) is 0 Å². The highest BCUT2D eigenvalue weighted by Gasteiger charge is 2.57. The maximum absolute atomic E-state index is 12.0. The van der Waals surface area contributed by atoms with Gasteiger partial charge >= 0.3 is 5.71 Å². The zero-order chi connectivity index (χ0) is 10.4. The summed E-state index contributed by atoms with van der Waals surface area (Å²) in [6, 6.07) is 0. The lowest BCUT2D eigenvalue weighted by Gasteiger charge is -2.38. The van der Waals surface area contributed by atoms with E-state index in [4.69, 9.17) is 5.53 Å². The fourth-order valence-electron chi connectivity index (χ4n) is 4.17. The first-order chi connectivity index (χ1) is 7.33. The van der Waals surface area contributed by atoms with E-state index in [0.717, 1.165) is 18.8 Å². The van der Waals surface area contributed by atoms with E-state index < -0.39 is 0 Å². The van der Waals surface area contributed by atoms with Crippen LogP contribution in [-0.4, -0.2) is 16.3 Å². The lowest BCUT2D eigenvalue weighted by atomic mass is 9.65. The third-order valence-electron chi connectivity index (χ3n) is 4.70. The van der Waals surface area contributed by atoms with Crippen molar-refractivity contribution < 1.29 is 9.58 Å². The standard InChI is InChI=1S/C12H16N2O/c13-14-11-8-5-1-3-7-4-2-6-9(10(7)8)12(11)15/h7-10H,1-6H2. The van der Waals surface area contributed by atoms with Crippen molar-refractivity contribution in [2.24, 2.45) is 23.7 Å². The zero-order valence-electron chi connectivity index (χ0n) is 8.85. The molecule has 3 saturated carbocycles. The molecule has 0 heterocycles. The van der Waals surface area contributed by atoms with Crippen molar-refractivity contribution in [1.82, 2.24) is 0 Å². The Hall–Kier alpha value is -0.950. The van der Waals surface area contributed by atoms with Gasteiger partial charge in [0, 0.05) is 5.92 Å². The first-order valence-corrected chi connectivity index (χ1v) is 6.09. The van der Waals surface area contributed by atoms with Gasteiger partial charge in [-0.2, -0.15) is 4.79 Å². The summed E-state index contributed by atoms with van der Waals surface area (Å²) >= 11 is 0. The maximum Gasteiger partial charge on any atom is 0.338 e. The van der Waals surface area contributed by atoms with E-state index >= 15 is 0 Å². The molecule has 0 spiro atoms. The van der Waals surface area contributed by atoms with Crippen LogP contribution < -0.4 is 0 Å². The largest absolute Gasteiger partial charge is 0.361 e. The average molecular weight is 204 g/mol. The lowest BCUT2D eigenvalue weighted by Crippen LogP contribution is -2.33. The number of rotatable bonds is 0. The molecule has 0 aromatic heterocycles. The van der Waals surface area contributed by atoms with Crippen molar-refractivity contribution in [3.05, 3.63) is 5.53 Å². The van der Waals surface area contributed by atoms with Crippen molar-refractivity contribution in [3.63, 3.8) is 0 Å². The molecular formula is C12H16N2O. The molecule has 0 radical (unpaired) electrons. The van der Waals surface area contributed by atoms with E-state index in [9.17, 15) is 4.79 Å². The van der Waals surface area contributed by atoms with Crippen molar-refractivity contribution in [1.29, 1.82) is 0 Å². The summed E-state index contributed by atoms with van der Waals surface area (Å²) in [5.74, 6) is 1.88. The van der Waals surface area contributed by atoms with Gasteiger partial charge in [0.25, 0.3) is 0 Å². The van der Waals surface area contributed by atoms with Crippen LogP contribution in [0.3, 0.4) is 0 Å². The smallest absolute Gasteiger partial charge is 0.338 e. The normalized spacial score (nSPS) is 43.7. The molecule has 4 atom stereocenters. The highest BCUT2D eigenvalue weighted by Crippen LogP contribution is 2.51. The molecule has 80 valence electrons. The van der Waals surface area contributed by atoms with Crippen LogP contribution in [0.2, 0.25) is 0 Å². The van der Waals surface area contributed by atoms with Gasteiger partial charge in [0.05, 0.1) is 5.92 Å². The summed E-state index contributed by atoms with van der Waals surface area (Å²) in [7, 11) is 0. The Morgan fingerprint density at radius 2 is 1.73 bits per heavy atom. The lowest BCUT2D eigenvalue weighted by molar-refractivity contribution is -0.121. The third kappa shape index (κ3) is 1.16. The Balaban J connectivity index is 2.03. The van der Waals surface area contributed by atoms with Gasteiger partial charge in [0.1, 0.15) is 0 Å². The minimum absolute atomic E-state index is 0.152. The molecule has 3 aliphatic rings. The molecule has 0 aromatic carbocycles. The SMILES string of the molecule is [N-]=[N+]=C1C(=O)C2CCCC3CCCC1C32. The monoisotopic (exact) mass is 204 g/mol. The number of hydrogen-bond donors (Lipinski definition) is 0. The van der Waals surface area contributed by atoms with Gasteiger partial charge in [-0.05, 0) is 24.7 Å². The number of Topliss-reactive ketones (excluding diaryl/α,β-unsaturated/α-hetero) is 1. The molecule has 3 nitrogen and oxygen atoms in total. The van der Waals surface area contributed by atoms with Crippen molar-refractivity contribution in [2.75, 3.05) is 0 Å². The van der Waals surface area contributed by atoms with Gasteiger partial charge in [0.15, 0.2) is 0 Å². The Labute approximate surface area is 89.5 Å². The van der Waals surface area contributed by atoms with E-state index in [0.29, 0.717) is 11.6 Å². The number of carbonyl (C=O) groups excluding carboxylic acids is 1. The van der Waals surface area contributed by atoms with Crippen LogP contribution in [0.5, 0.6) is 0 Å². The minimum atomic E-state index is 0.152. The van der Waals surface area contributed by atoms with Crippen LogP contribution >= 0.6 is 0 Å². The van der Waals surface area contributed by atoms with Crippen LogP contribution in [0, 0.1) is 23.7 Å². The van der Waals surface area contributed by atoms with E-state index in [1.807, 2.05) is 0 Å². The highest BCUT2D eigenvalue weighted by atomic mass is 16.1. The van der Waals surface area contributed by atoms with Crippen LogP contribution in [-0.2, 0) is 4.79 Å². The fraction of sp³-hybridized carbons (Fsp3) is 0.833. The molecule has 15 heavy (non-hydrogen) atoms. The summed E-state index contributed by atoms with van der Waals surface area (Å²) < 4.78 is 0. The van der Waals surface area contributed by atoms with Crippen molar-refractivity contribution >= 4 is 11.5 Å². The second-order valence-corrected chi connectivity index (χ2v) is 5.26. The van der Waals surface area contributed by atoms with Crippen LogP contribution in [0.15, 0.2) is 0 Å². The third-order valence-corrected chi connectivity index (χ3v) is 4.70. The van der Waals surface area contributed by atoms with Gasteiger partial charge < -0.3 is 5.53 Å². The molecule has 3 fully saturated rings. The minimum Gasteiger partial charge on any atom is -0.361 e. The Morgan fingerprint density at radius 1 is 1.07 bits per heavy atom. The summed E-state index contributed by atoms with van der Waals surface area (Å²) in [4.78, 5) is 15.3. The Kier molecular flexibility index (Phi) is 2.03. The van der Waals surface area contributed by atoms with Gasteiger partial charge in [-0.15, -0.1) is 0 Å². The summed E-state index contributed by atoms with van der Waals surface area (Å²) in [5.41, 5.74) is 9.46. The molecular weight excluding hydrogens is 188 g/mol. The van der Waals surface area contributed by atoms with E-state index in [2.05, 4.69) is 4.79 Å². The predicted molar refractivity (Wildman–Crippen MR) is 55.3 cm³/mol. The molecule has 3 heteroatoms. The maximum atomic E-state index is 12.0. The number of hydrogen-bond acceptors (Lipinski definition) is 1. The van der Waals surface area contributed by atoms with Crippen molar-refractivity contribution in [2.45, 2.75) is 38.5 Å². The molecule has 3 aliphatic carbocycles. The fourth-order valence-corrected chi connectivity index (χ4v) is 4.17. The van der Waals surface area contributed by atoms with E-state index in [1.165, 1.54) is 25.7 Å². The molecule has 4 unspecified atom stereocenters.